The van der Waals surface area contributed by atoms with Crippen molar-refractivity contribution >= 4 is 5.91 Å². The molecule has 0 atom stereocenters. The molecule has 0 aromatic heterocycles. The van der Waals surface area contributed by atoms with Crippen LogP contribution in [0.2, 0.25) is 0 Å². The summed E-state index contributed by atoms with van der Waals surface area (Å²) in [7, 11) is 0. The Balaban J connectivity index is 1.77. The van der Waals surface area contributed by atoms with Crippen LogP contribution in [0.5, 0.6) is 0 Å². The number of carbonyl (C=O) groups is 1. The topological polar surface area (TPSA) is 29.1 Å². The molecule has 1 amide bonds. The molecule has 1 saturated carbocycles. The maximum absolute atomic E-state index is 11.8. The van der Waals surface area contributed by atoms with Crippen molar-refractivity contribution in [2.45, 2.75) is 45.6 Å². The predicted octanol–water partition coefficient (Wildman–Crippen LogP) is 3.19. The second-order valence-corrected chi connectivity index (χ2v) is 5.06. The highest BCUT2D eigenvalue weighted by atomic mass is 16.1. The molecule has 92 valence electrons. The molecule has 1 aromatic rings. The number of rotatable bonds is 4. The fraction of sp³-hybridized carbons (Fsp3) is 0.533. The summed E-state index contributed by atoms with van der Waals surface area (Å²) in [5.74, 6) is 0.840. The van der Waals surface area contributed by atoms with E-state index in [1.54, 1.807) is 0 Å². The van der Waals surface area contributed by atoms with E-state index in [1.807, 2.05) is 12.1 Å². The van der Waals surface area contributed by atoms with E-state index in [-0.39, 0.29) is 5.91 Å². The number of aryl methyl sites for hydroxylation is 1. The number of carbonyl (C=O) groups excluding carboxylic acids is 1. The smallest absolute Gasteiger partial charge is 0.220 e. The van der Waals surface area contributed by atoms with Gasteiger partial charge in [0.15, 0.2) is 0 Å². The first kappa shape index (κ1) is 12.2. The van der Waals surface area contributed by atoms with Crippen molar-refractivity contribution in [3.63, 3.8) is 0 Å². The van der Waals surface area contributed by atoms with Crippen LogP contribution in [-0.2, 0) is 11.3 Å². The zero-order valence-electron chi connectivity index (χ0n) is 10.5. The highest BCUT2D eigenvalue weighted by molar-refractivity contribution is 5.76. The van der Waals surface area contributed by atoms with E-state index < -0.39 is 0 Å². The van der Waals surface area contributed by atoms with Gasteiger partial charge in [-0.05, 0) is 36.8 Å². The highest BCUT2D eigenvalue weighted by Gasteiger charge is 2.18. The average molecular weight is 231 g/mol. The summed E-state index contributed by atoms with van der Waals surface area (Å²) >= 11 is 0. The molecule has 0 spiro atoms. The van der Waals surface area contributed by atoms with Crippen LogP contribution in [-0.4, -0.2) is 5.91 Å². The molecule has 2 heteroatoms. The van der Waals surface area contributed by atoms with Crippen LogP contribution >= 0.6 is 0 Å². The van der Waals surface area contributed by atoms with Crippen LogP contribution in [0, 0.1) is 12.8 Å². The molecular weight excluding hydrogens is 210 g/mol. The van der Waals surface area contributed by atoms with E-state index in [2.05, 4.69) is 24.4 Å². The van der Waals surface area contributed by atoms with Gasteiger partial charge in [-0.1, -0.05) is 37.1 Å². The van der Waals surface area contributed by atoms with Gasteiger partial charge in [0.2, 0.25) is 5.91 Å². The Bertz CT molecular complexity index is 380. The Hall–Kier alpha value is -1.31. The Morgan fingerprint density at radius 2 is 2.00 bits per heavy atom. The second-order valence-electron chi connectivity index (χ2n) is 5.06. The quantitative estimate of drug-likeness (QED) is 0.847. The fourth-order valence-corrected chi connectivity index (χ4v) is 2.55. The largest absolute Gasteiger partial charge is 0.352 e. The van der Waals surface area contributed by atoms with Gasteiger partial charge in [0.1, 0.15) is 0 Å². The van der Waals surface area contributed by atoms with Crippen molar-refractivity contribution in [1.82, 2.24) is 5.32 Å². The van der Waals surface area contributed by atoms with Gasteiger partial charge in [-0.2, -0.15) is 0 Å². The first-order valence-corrected chi connectivity index (χ1v) is 6.57. The van der Waals surface area contributed by atoms with Crippen molar-refractivity contribution in [3.8, 4) is 0 Å². The third-order valence-corrected chi connectivity index (χ3v) is 3.69. The first-order valence-electron chi connectivity index (χ1n) is 6.57. The van der Waals surface area contributed by atoms with Crippen molar-refractivity contribution in [2.75, 3.05) is 0 Å². The van der Waals surface area contributed by atoms with E-state index in [0.29, 0.717) is 18.9 Å². The molecule has 17 heavy (non-hydrogen) atoms. The molecule has 1 fully saturated rings. The maximum Gasteiger partial charge on any atom is 0.220 e. The van der Waals surface area contributed by atoms with Crippen LogP contribution < -0.4 is 5.32 Å². The Morgan fingerprint density at radius 1 is 1.29 bits per heavy atom. The summed E-state index contributed by atoms with van der Waals surface area (Å²) in [6.45, 7) is 2.75. The lowest BCUT2D eigenvalue weighted by molar-refractivity contribution is -0.122. The van der Waals surface area contributed by atoms with Crippen LogP contribution in [0.1, 0.15) is 43.2 Å². The summed E-state index contributed by atoms with van der Waals surface area (Å²) in [4.78, 5) is 11.8. The number of amides is 1. The molecule has 1 aliphatic rings. The normalized spacial score (nSPS) is 16.1. The molecular formula is C15H21NO. The second kappa shape index (κ2) is 5.85. The van der Waals surface area contributed by atoms with Gasteiger partial charge in [-0.15, -0.1) is 0 Å². The van der Waals surface area contributed by atoms with Gasteiger partial charge >= 0.3 is 0 Å². The Labute approximate surface area is 103 Å². The van der Waals surface area contributed by atoms with Crippen LogP contribution in [0.25, 0.3) is 0 Å². The molecule has 0 saturated heterocycles. The van der Waals surface area contributed by atoms with Gasteiger partial charge in [0, 0.05) is 13.0 Å². The summed E-state index contributed by atoms with van der Waals surface area (Å²) < 4.78 is 0. The summed E-state index contributed by atoms with van der Waals surface area (Å²) in [6, 6.07) is 8.20. The lowest BCUT2D eigenvalue weighted by Gasteiger charge is -2.10. The zero-order valence-corrected chi connectivity index (χ0v) is 10.5. The van der Waals surface area contributed by atoms with E-state index in [4.69, 9.17) is 0 Å². The van der Waals surface area contributed by atoms with Gasteiger partial charge in [-0.3, -0.25) is 4.79 Å². The molecule has 1 aromatic carbocycles. The van der Waals surface area contributed by atoms with Crippen molar-refractivity contribution in [2.24, 2.45) is 5.92 Å². The van der Waals surface area contributed by atoms with Crippen molar-refractivity contribution < 1.29 is 4.79 Å². The summed E-state index contributed by atoms with van der Waals surface area (Å²) in [5, 5.41) is 3.03. The molecule has 1 N–H and O–H groups in total. The van der Waals surface area contributed by atoms with Gasteiger partial charge in [0.25, 0.3) is 0 Å². The number of hydrogen-bond acceptors (Lipinski definition) is 1. The van der Waals surface area contributed by atoms with E-state index >= 15 is 0 Å². The minimum atomic E-state index is 0.208. The lowest BCUT2D eigenvalue weighted by atomic mass is 10.0. The van der Waals surface area contributed by atoms with Gasteiger partial charge in [0.05, 0.1) is 0 Å². The molecule has 2 rings (SSSR count). The van der Waals surface area contributed by atoms with Crippen molar-refractivity contribution in [3.05, 3.63) is 35.4 Å². The van der Waals surface area contributed by atoms with Crippen LogP contribution in [0.3, 0.4) is 0 Å². The standard InChI is InChI=1S/C15H21NO/c1-12-6-2-5-9-14(12)11-16-15(17)10-13-7-3-4-8-13/h2,5-6,9,13H,3-4,7-8,10-11H2,1H3,(H,16,17). The predicted molar refractivity (Wildman–Crippen MR) is 69.6 cm³/mol. The zero-order chi connectivity index (χ0) is 12.1. The molecule has 0 unspecified atom stereocenters. The molecule has 0 aliphatic heterocycles. The number of nitrogens with one attached hydrogen (secondary N) is 1. The summed E-state index contributed by atoms with van der Waals surface area (Å²) in [5.41, 5.74) is 2.46. The first-order chi connectivity index (χ1) is 8.25. The Kier molecular flexibility index (Phi) is 4.18. The molecule has 0 bridgehead atoms. The molecule has 1 aliphatic carbocycles. The Morgan fingerprint density at radius 3 is 2.71 bits per heavy atom. The minimum absolute atomic E-state index is 0.208. The molecule has 0 heterocycles. The van der Waals surface area contributed by atoms with Gasteiger partial charge < -0.3 is 5.32 Å². The lowest BCUT2D eigenvalue weighted by Crippen LogP contribution is -2.24. The molecule has 2 nitrogen and oxygen atoms in total. The van der Waals surface area contributed by atoms with E-state index in [0.717, 1.165) is 0 Å². The number of hydrogen-bond donors (Lipinski definition) is 1. The average Bonchev–Trinajstić information content (AvgIpc) is 2.81. The third-order valence-electron chi connectivity index (χ3n) is 3.69. The SMILES string of the molecule is Cc1ccccc1CNC(=O)CC1CCCC1. The number of benzene rings is 1. The third kappa shape index (κ3) is 3.58. The fourth-order valence-electron chi connectivity index (χ4n) is 2.55. The monoisotopic (exact) mass is 231 g/mol. The van der Waals surface area contributed by atoms with E-state index in [1.165, 1.54) is 36.8 Å². The maximum atomic E-state index is 11.8. The minimum Gasteiger partial charge on any atom is -0.352 e. The van der Waals surface area contributed by atoms with Gasteiger partial charge in [-0.25, -0.2) is 0 Å². The molecule has 0 radical (unpaired) electrons. The summed E-state index contributed by atoms with van der Waals surface area (Å²) in [6.07, 6.45) is 5.78. The van der Waals surface area contributed by atoms with Crippen molar-refractivity contribution in [1.29, 1.82) is 0 Å². The van der Waals surface area contributed by atoms with E-state index in [9.17, 15) is 4.79 Å². The van der Waals surface area contributed by atoms with Crippen LogP contribution in [0.4, 0.5) is 0 Å². The highest BCUT2D eigenvalue weighted by Crippen LogP contribution is 2.27. The van der Waals surface area contributed by atoms with Crippen LogP contribution in [0.15, 0.2) is 24.3 Å².